The van der Waals surface area contributed by atoms with E-state index < -0.39 is 23.5 Å². The maximum atomic E-state index is 12.5. The van der Waals surface area contributed by atoms with Gasteiger partial charge in [0.25, 0.3) is 0 Å². The molecule has 27 heavy (non-hydrogen) atoms. The number of carbonyl (C=O) groups excluding carboxylic acids is 3. The highest BCUT2D eigenvalue weighted by Gasteiger charge is 2.44. The molecule has 1 fully saturated rings. The Balaban J connectivity index is 2.08. The molecule has 1 aliphatic rings. The minimum Gasteiger partial charge on any atom is -0.423 e. The highest BCUT2D eigenvalue weighted by Crippen LogP contribution is 2.28. The number of fused-ring (bicyclic) bond motifs is 1. The van der Waals surface area contributed by atoms with Gasteiger partial charge in [-0.25, -0.2) is 9.59 Å². The van der Waals surface area contributed by atoms with E-state index in [2.05, 4.69) is 13.8 Å². The number of carbonyl (C=O) groups is 3. The van der Waals surface area contributed by atoms with Gasteiger partial charge in [0, 0.05) is 18.0 Å². The van der Waals surface area contributed by atoms with Gasteiger partial charge in [0.15, 0.2) is 0 Å². The van der Waals surface area contributed by atoms with E-state index in [1.54, 1.807) is 6.07 Å². The maximum absolute atomic E-state index is 12.5. The molecule has 2 heterocycles. The molecule has 0 radical (unpaired) electrons. The van der Waals surface area contributed by atoms with Gasteiger partial charge in [-0.05, 0) is 48.1 Å². The molecule has 0 bridgehead atoms. The Morgan fingerprint density at radius 3 is 2.30 bits per heavy atom. The SMILES string of the molecule is CCCN1C(=O)C(=O)N(Cc2cc(=O)oc3cc(C)c(C(C)C)cc23)C1=O. The third-order valence-electron chi connectivity index (χ3n) is 4.75. The van der Waals surface area contributed by atoms with Crippen LogP contribution in [0, 0.1) is 6.92 Å². The predicted molar refractivity (Wildman–Crippen MR) is 99.3 cm³/mol. The second-order valence-electron chi connectivity index (χ2n) is 7.08. The van der Waals surface area contributed by atoms with Crippen LogP contribution in [-0.2, 0) is 16.1 Å². The summed E-state index contributed by atoms with van der Waals surface area (Å²) in [4.78, 5) is 50.6. The molecule has 7 heteroatoms. The monoisotopic (exact) mass is 370 g/mol. The van der Waals surface area contributed by atoms with E-state index >= 15 is 0 Å². The summed E-state index contributed by atoms with van der Waals surface area (Å²) in [6.07, 6.45) is 0.563. The van der Waals surface area contributed by atoms with E-state index in [0.29, 0.717) is 23.0 Å². The third kappa shape index (κ3) is 3.25. The molecule has 0 spiro atoms. The topological polar surface area (TPSA) is 87.9 Å². The van der Waals surface area contributed by atoms with Gasteiger partial charge in [-0.1, -0.05) is 20.8 Å². The molecular formula is C20H22N2O5. The molecule has 2 aromatic rings. The Kier molecular flexibility index (Phi) is 4.87. The minimum atomic E-state index is -0.869. The summed E-state index contributed by atoms with van der Waals surface area (Å²) in [6, 6.07) is 4.33. The fourth-order valence-electron chi connectivity index (χ4n) is 3.43. The van der Waals surface area contributed by atoms with Crippen LogP contribution in [0.1, 0.15) is 49.8 Å². The lowest BCUT2D eigenvalue weighted by atomic mass is 9.95. The van der Waals surface area contributed by atoms with Crippen molar-refractivity contribution < 1.29 is 18.8 Å². The van der Waals surface area contributed by atoms with Crippen molar-refractivity contribution in [1.29, 1.82) is 0 Å². The molecule has 3 rings (SSSR count). The van der Waals surface area contributed by atoms with Crippen molar-refractivity contribution in [2.24, 2.45) is 0 Å². The van der Waals surface area contributed by atoms with Crippen molar-refractivity contribution in [3.8, 4) is 0 Å². The first-order valence-electron chi connectivity index (χ1n) is 8.99. The molecule has 0 atom stereocenters. The van der Waals surface area contributed by atoms with Crippen LogP contribution in [0.5, 0.6) is 0 Å². The number of nitrogens with zero attached hydrogens (tertiary/aromatic N) is 2. The van der Waals surface area contributed by atoms with Crippen molar-refractivity contribution >= 4 is 28.8 Å². The summed E-state index contributed by atoms with van der Waals surface area (Å²) in [5.41, 5.74) is 2.40. The van der Waals surface area contributed by atoms with E-state index in [9.17, 15) is 19.2 Å². The second kappa shape index (κ2) is 6.98. The zero-order valence-electron chi connectivity index (χ0n) is 15.9. The van der Waals surface area contributed by atoms with Crippen molar-refractivity contribution in [2.75, 3.05) is 6.54 Å². The fraction of sp³-hybridized carbons (Fsp3) is 0.400. The average Bonchev–Trinajstić information content (AvgIpc) is 2.79. The molecule has 0 unspecified atom stereocenters. The van der Waals surface area contributed by atoms with Gasteiger partial charge in [0.05, 0.1) is 6.54 Å². The van der Waals surface area contributed by atoms with E-state index in [1.807, 2.05) is 19.9 Å². The molecule has 1 saturated heterocycles. The first kappa shape index (κ1) is 18.8. The summed E-state index contributed by atoms with van der Waals surface area (Å²) < 4.78 is 5.30. The van der Waals surface area contributed by atoms with Crippen LogP contribution in [0.25, 0.3) is 11.0 Å². The van der Waals surface area contributed by atoms with Gasteiger partial charge in [-0.3, -0.25) is 19.4 Å². The Morgan fingerprint density at radius 2 is 1.67 bits per heavy atom. The largest absolute Gasteiger partial charge is 0.423 e. The molecule has 1 aromatic heterocycles. The number of urea groups is 1. The number of amides is 4. The van der Waals surface area contributed by atoms with Gasteiger partial charge >= 0.3 is 23.5 Å². The molecule has 4 amide bonds. The lowest BCUT2D eigenvalue weighted by Crippen LogP contribution is -2.33. The van der Waals surface area contributed by atoms with E-state index in [1.165, 1.54) is 6.07 Å². The Bertz CT molecular complexity index is 1010. The number of hydrogen-bond acceptors (Lipinski definition) is 5. The summed E-state index contributed by atoms with van der Waals surface area (Å²) >= 11 is 0. The van der Waals surface area contributed by atoms with Gasteiger partial charge in [0.2, 0.25) is 0 Å². The summed E-state index contributed by atoms with van der Waals surface area (Å²) in [7, 11) is 0. The Labute approximate surface area is 156 Å². The zero-order chi connectivity index (χ0) is 19.9. The van der Waals surface area contributed by atoms with E-state index in [0.717, 1.165) is 20.9 Å². The maximum Gasteiger partial charge on any atom is 0.336 e. The second-order valence-corrected chi connectivity index (χ2v) is 7.08. The highest BCUT2D eigenvalue weighted by atomic mass is 16.4. The predicted octanol–water partition coefficient (Wildman–Crippen LogP) is 2.93. The van der Waals surface area contributed by atoms with Gasteiger partial charge in [-0.15, -0.1) is 0 Å². The standard InChI is InChI=1S/C20H22N2O5/c1-5-6-21-18(24)19(25)22(20(21)26)10-13-8-17(23)27-16-7-12(4)14(11(2)3)9-15(13)16/h7-9,11H,5-6,10H2,1-4H3. The lowest BCUT2D eigenvalue weighted by molar-refractivity contribution is -0.143. The van der Waals surface area contributed by atoms with Crippen molar-refractivity contribution in [3.63, 3.8) is 0 Å². The van der Waals surface area contributed by atoms with Crippen LogP contribution in [0.2, 0.25) is 0 Å². The van der Waals surface area contributed by atoms with Gasteiger partial charge < -0.3 is 4.42 Å². The molecule has 0 aliphatic carbocycles. The van der Waals surface area contributed by atoms with Crippen LogP contribution in [0.4, 0.5) is 4.79 Å². The van der Waals surface area contributed by atoms with Crippen LogP contribution in [-0.4, -0.2) is 34.2 Å². The number of rotatable bonds is 5. The highest BCUT2D eigenvalue weighted by molar-refractivity contribution is 6.44. The quantitative estimate of drug-likeness (QED) is 0.459. The summed E-state index contributed by atoms with van der Waals surface area (Å²) in [6.45, 7) is 7.92. The molecule has 0 saturated carbocycles. The lowest BCUT2D eigenvalue weighted by Gasteiger charge is -2.17. The zero-order valence-corrected chi connectivity index (χ0v) is 15.9. The van der Waals surface area contributed by atoms with Crippen molar-refractivity contribution in [2.45, 2.75) is 46.6 Å². The van der Waals surface area contributed by atoms with Crippen LogP contribution in [0.3, 0.4) is 0 Å². The average molecular weight is 370 g/mol. The first-order chi connectivity index (χ1) is 12.7. The molecule has 1 aromatic carbocycles. The van der Waals surface area contributed by atoms with Crippen molar-refractivity contribution in [1.82, 2.24) is 9.80 Å². The van der Waals surface area contributed by atoms with Gasteiger partial charge in [0.1, 0.15) is 5.58 Å². The Hall–Kier alpha value is -2.96. The third-order valence-corrected chi connectivity index (χ3v) is 4.75. The molecular weight excluding hydrogens is 348 g/mol. The molecule has 7 nitrogen and oxygen atoms in total. The molecule has 0 N–H and O–H groups in total. The number of imide groups is 2. The van der Waals surface area contributed by atoms with Crippen LogP contribution in [0.15, 0.2) is 27.4 Å². The number of hydrogen-bond donors (Lipinski definition) is 0. The van der Waals surface area contributed by atoms with E-state index in [4.69, 9.17) is 4.42 Å². The number of aryl methyl sites for hydroxylation is 1. The normalized spacial score (nSPS) is 14.9. The van der Waals surface area contributed by atoms with Crippen LogP contribution >= 0.6 is 0 Å². The summed E-state index contributed by atoms with van der Waals surface area (Å²) in [5.74, 6) is -1.44. The van der Waals surface area contributed by atoms with E-state index in [-0.39, 0.29) is 19.0 Å². The van der Waals surface area contributed by atoms with Crippen LogP contribution < -0.4 is 5.63 Å². The minimum absolute atomic E-state index is 0.147. The first-order valence-corrected chi connectivity index (χ1v) is 8.99. The van der Waals surface area contributed by atoms with Gasteiger partial charge in [-0.2, -0.15) is 0 Å². The fourth-order valence-corrected chi connectivity index (χ4v) is 3.43. The Morgan fingerprint density at radius 1 is 1.00 bits per heavy atom. The summed E-state index contributed by atoms with van der Waals surface area (Å²) in [5, 5.41) is 0.658. The smallest absolute Gasteiger partial charge is 0.336 e. The number of benzene rings is 1. The molecule has 1 aliphatic heterocycles. The van der Waals surface area contributed by atoms with Crippen molar-refractivity contribution in [3.05, 3.63) is 45.3 Å². The molecule has 142 valence electrons.